The molecule has 2 unspecified atom stereocenters. The molecule has 4 heterocycles. The highest BCUT2D eigenvalue weighted by Crippen LogP contribution is 2.35. The van der Waals surface area contributed by atoms with Gasteiger partial charge in [-0.3, -0.25) is 38.9 Å². The van der Waals surface area contributed by atoms with Gasteiger partial charge in [0.1, 0.15) is 12.1 Å². The van der Waals surface area contributed by atoms with Crippen LogP contribution in [-0.4, -0.2) is 70.0 Å². The highest BCUT2D eigenvalue weighted by Gasteiger charge is 2.40. The minimum Gasteiger partial charge on any atom is -0.381 e. The summed E-state index contributed by atoms with van der Waals surface area (Å²) >= 11 is 0. The standard InChI is InChI=1S/C33H40N6O6/c1-2-29(41)39(25-8-9-26-22(16-25)19-37(33(26)44)27-10-11-28(40)36-31(27)42)30(32(43)34-17-21-12-14-45-15-13-21)23-18-35-38(20-23)24-6-4-3-5-7-24/h2,8-9,16,18,20-21,24,27,30H,1,3-7,10-15,17,19H2,(H,34,43)(H,36,40,42). The molecule has 2 atom stereocenters. The number of nitrogens with zero attached hydrogens (tertiary/aromatic N) is 4. The number of fused-ring (bicyclic) bond motifs is 1. The topological polar surface area (TPSA) is 143 Å². The molecule has 6 rings (SSSR count). The molecule has 12 heteroatoms. The summed E-state index contributed by atoms with van der Waals surface area (Å²) in [6.45, 7) is 5.64. The van der Waals surface area contributed by atoms with Gasteiger partial charge in [-0.1, -0.05) is 25.8 Å². The maximum atomic E-state index is 14.1. The van der Waals surface area contributed by atoms with Crippen LogP contribution in [0.25, 0.3) is 0 Å². The number of carbonyl (C=O) groups is 5. The molecule has 1 aromatic carbocycles. The van der Waals surface area contributed by atoms with E-state index in [1.54, 1.807) is 24.4 Å². The first-order valence-electron chi connectivity index (χ1n) is 16.0. The Morgan fingerprint density at radius 1 is 1.11 bits per heavy atom. The first-order valence-corrected chi connectivity index (χ1v) is 16.0. The largest absolute Gasteiger partial charge is 0.381 e. The van der Waals surface area contributed by atoms with Gasteiger partial charge in [0, 0.05) is 55.7 Å². The summed E-state index contributed by atoms with van der Waals surface area (Å²) in [5.74, 6) is -1.69. The zero-order chi connectivity index (χ0) is 31.5. The zero-order valence-corrected chi connectivity index (χ0v) is 25.4. The molecule has 1 aliphatic carbocycles. The molecule has 3 fully saturated rings. The monoisotopic (exact) mass is 616 g/mol. The second kappa shape index (κ2) is 13.4. The lowest BCUT2D eigenvalue weighted by molar-refractivity contribution is -0.137. The molecule has 12 nitrogen and oxygen atoms in total. The van der Waals surface area contributed by atoms with E-state index in [2.05, 4.69) is 22.3 Å². The van der Waals surface area contributed by atoms with Gasteiger partial charge in [-0.05, 0) is 67.9 Å². The van der Waals surface area contributed by atoms with Crippen molar-refractivity contribution in [3.8, 4) is 0 Å². The summed E-state index contributed by atoms with van der Waals surface area (Å²) in [4.78, 5) is 68.1. The van der Waals surface area contributed by atoms with Crippen molar-refractivity contribution in [2.24, 2.45) is 5.92 Å². The number of rotatable bonds is 9. The molecule has 238 valence electrons. The Morgan fingerprint density at radius 2 is 1.89 bits per heavy atom. The molecule has 4 aliphatic rings. The molecule has 0 spiro atoms. The molecule has 3 aliphatic heterocycles. The Hall–Kier alpha value is -4.32. The molecule has 2 N–H and O–H groups in total. The van der Waals surface area contributed by atoms with Crippen LogP contribution >= 0.6 is 0 Å². The quantitative estimate of drug-likeness (QED) is 0.326. The summed E-state index contributed by atoms with van der Waals surface area (Å²) in [6, 6.07) is 3.46. The molecular weight excluding hydrogens is 576 g/mol. The molecule has 2 saturated heterocycles. The Labute approximate surface area is 262 Å². The number of imide groups is 1. The van der Waals surface area contributed by atoms with E-state index in [1.165, 1.54) is 22.3 Å². The number of hydrogen-bond acceptors (Lipinski definition) is 7. The van der Waals surface area contributed by atoms with Crippen LogP contribution in [-0.2, 0) is 30.5 Å². The van der Waals surface area contributed by atoms with Gasteiger partial charge < -0.3 is 15.0 Å². The summed E-state index contributed by atoms with van der Waals surface area (Å²) in [5, 5.41) is 10.0. The van der Waals surface area contributed by atoms with Gasteiger partial charge in [-0.2, -0.15) is 5.10 Å². The zero-order valence-electron chi connectivity index (χ0n) is 25.4. The van der Waals surface area contributed by atoms with Crippen molar-refractivity contribution in [2.75, 3.05) is 24.7 Å². The van der Waals surface area contributed by atoms with Crippen LogP contribution in [0.1, 0.15) is 91.4 Å². The van der Waals surface area contributed by atoms with Crippen LogP contribution < -0.4 is 15.5 Å². The van der Waals surface area contributed by atoms with E-state index in [1.807, 2.05) is 10.9 Å². The van der Waals surface area contributed by atoms with Gasteiger partial charge in [0.15, 0.2) is 0 Å². The van der Waals surface area contributed by atoms with Crippen molar-refractivity contribution in [1.29, 1.82) is 0 Å². The van der Waals surface area contributed by atoms with Gasteiger partial charge in [0.2, 0.25) is 17.7 Å². The number of carbonyl (C=O) groups excluding carboxylic acids is 5. The highest BCUT2D eigenvalue weighted by molar-refractivity contribution is 6.08. The SMILES string of the molecule is C=CC(=O)N(c1ccc2c(c1)CN(C1CCC(=O)NC1=O)C2=O)C(C(=O)NCC1CCOCC1)c1cnn(C2CCCCC2)c1. The molecule has 1 saturated carbocycles. The van der Waals surface area contributed by atoms with E-state index < -0.39 is 23.9 Å². The predicted octanol–water partition coefficient (Wildman–Crippen LogP) is 2.95. The van der Waals surface area contributed by atoms with Crippen molar-refractivity contribution < 1.29 is 28.7 Å². The minimum atomic E-state index is -1.03. The minimum absolute atomic E-state index is 0.143. The fourth-order valence-electron chi connectivity index (χ4n) is 6.96. The Bertz CT molecular complexity index is 1490. The van der Waals surface area contributed by atoms with E-state index in [0.717, 1.165) is 38.5 Å². The van der Waals surface area contributed by atoms with Crippen LogP contribution in [0.3, 0.4) is 0 Å². The molecule has 0 bridgehead atoms. The second-order valence-corrected chi connectivity index (χ2v) is 12.4. The Balaban J connectivity index is 1.32. The van der Waals surface area contributed by atoms with Gasteiger partial charge in [-0.25, -0.2) is 0 Å². The van der Waals surface area contributed by atoms with E-state index in [-0.39, 0.29) is 49.1 Å². The maximum absolute atomic E-state index is 14.1. The molecule has 5 amide bonds. The lowest BCUT2D eigenvalue weighted by Gasteiger charge is -2.31. The fraction of sp³-hybridized carbons (Fsp3) is 0.515. The van der Waals surface area contributed by atoms with Crippen LogP contribution in [0.5, 0.6) is 0 Å². The maximum Gasteiger partial charge on any atom is 0.255 e. The number of piperidine rings is 1. The van der Waals surface area contributed by atoms with Crippen LogP contribution in [0.2, 0.25) is 0 Å². The van der Waals surface area contributed by atoms with E-state index in [0.29, 0.717) is 42.1 Å². The average molecular weight is 617 g/mol. The van der Waals surface area contributed by atoms with E-state index in [9.17, 15) is 24.0 Å². The van der Waals surface area contributed by atoms with Crippen LogP contribution in [0.4, 0.5) is 5.69 Å². The van der Waals surface area contributed by atoms with Crippen molar-refractivity contribution in [3.63, 3.8) is 0 Å². The van der Waals surface area contributed by atoms with Crippen molar-refractivity contribution in [1.82, 2.24) is 25.3 Å². The van der Waals surface area contributed by atoms with E-state index in [4.69, 9.17) is 4.74 Å². The molecule has 2 aromatic rings. The summed E-state index contributed by atoms with van der Waals surface area (Å²) in [7, 11) is 0. The van der Waals surface area contributed by atoms with Crippen LogP contribution in [0.15, 0.2) is 43.2 Å². The number of aromatic nitrogens is 2. The van der Waals surface area contributed by atoms with Crippen molar-refractivity contribution >= 4 is 35.2 Å². The fourth-order valence-corrected chi connectivity index (χ4v) is 6.96. The van der Waals surface area contributed by atoms with Crippen molar-refractivity contribution in [3.05, 3.63) is 59.9 Å². The first-order chi connectivity index (χ1) is 21.8. The molecule has 1 aromatic heterocycles. The number of anilines is 1. The van der Waals surface area contributed by atoms with Gasteiger partial charge in [0.25, 0.3) is 11.8 Å². The predicted molar refractivity (Wildman–Crippen MR) is 164 cm³/mol. The number of ether oxygens (including phenoxy) is 1. The number of hydrogen-bond donors (Lipinski definition) is 2. The lowest BCUT2D eigenvalue weighted by Crippen LogP contribution is -2.52. The smallest absolute Gasteiger partial charge is 0.255 e. The van der Waals surface area contributed by atoms with Gasteiger partial charge >= 0.3 is 0 Å². The summed E-state index contributed by atoms with van der Waals surface area (Å²) < 4.78 is 7.39. The van der Waals surface area contributed by atoms with Crippen LogP contribution in [0, 0.1) is 5.92 Å². The van der Waals surface area contributed by atoms with Crippen molar-refractivity contribution in [2.45, 2.75) is 82.5 Å². The summed E-state index contributed by atoms with van der Waals surface area (Å²) in [5.41, 5.74) is 2.05. The molecular formula is C33H40N6O6. The third kappa shape index (κ3) is 6.42. The normalized spacial score (nSPS) is 21.6. The van der Waals surface area contributed by atoms with E-state index >= 15 is 0 Å². The second-order valence-electron chi connectivity index (χ2n) is 12.4. The number of benzene rings is 1. The van der Waals surface area contributed by atoms with Gasteiger partial charge in [-0.15, -0.1) is 0 Å². The number of amides is 5. The third-order valence-corrected chi connectivity index (χ3v) is 9.50. The highest BCUT2D eigenvalue weighted by atomic mass is 16.5. The Kier molecular flexibility index (Phi) is 9.11. The Morgan fingerprint density at radius 3 is 2.62 bits per heavy atom. The molecule has 0 radical (unpaired) electrons. The summed E-state index contributed by atoms with van der Waals surface area (Å²) in [6.07, 6.45) is 12.3. The van der Waals surface area contributed by atoms with Gasteiger partial charge in [0.05, 0.1) is 12.2 Å². The molecule has 45 heavy (non-hydrogen) atoms. The first kappa shape index (κ1) is 30.7. The lowest BCUT2D eigenvalue weighted by atomic mass is 9.96. The third-order valence-electron chi connectivity index (χ3n) is 9.50. The number of nitrogens with one attached hydrogen (secondary N) is 2. The average Bonchev–Trinajstić information content (AvgIpc) is 3.67.